The van der Waals surface area contributed by atoms with Crippen molar-refractivity contribution in [2.45, 2.75) is 18.9 Å². The van der Waals surface area contributed by atoms with Crippen molar-refractivity contribution >= 4 is 11.5 Å². The lowest BCUT2D eigenvalue weighted by atomic mass is 10.0. The van der Waals surface area contributed by atoms with Crippen LogP contribution in [0.2, 0.25) is 0 Å². The Kier molecular flexibility index (Phi) is 6.62. The van der Waals surface area contributed by atoms with Crippen LogP contribution in [0, 0.1) is 10.1 Å². The van der Waals surface area contributed by atoms with Gasteiger partial charge in [0.2, 0.25) is 0 Å². The number of aliphatic hydroxyl groups is 2. The van der Waals surface area contributed by atoms with Gasteiger partial charge in [-0.05, 0) is 0 Å². The van der Waals surface area contributed by atoms with Crippen molar-refractivity contribution in [1.82, 2.24) is 3.96 Å². The Labute approximate surface area is 102 Å². The first kappa shape index (κ1) is 15.8. The van der Waals surface area contributed by atoms with Crippen LogP contribution in [-0.4, -0.2) is 37.8 Å². The average molecular weight is 264 g/mol. The summed E-state index contributed by atoms with van der Waals surface area (Å²) in [5.41, 5.74) is -1.47. The summed E-state index contributed by atoms with van der Waals surface area (Å²) < 4.78 is 1.57. The highest BCUT2D eigenvalue weighted by Gasteiger charge is 2.39. The third kappa shape index (κ3) is 4.25. The van der Waals surface area contributed by atoms with E-state index in [-0.39, 0.29) is 12.0 Å². The fourth-order valence-corrected chi connectivity index (χ4v) is 1.38. The number of aromatic nitrogens is 1. The molecule has 17 heavy (non-hydrogen) atoms. The van der Waals surface area contributed by atoms with E-state index in [1.165, 1.54) is 11.5 Å². The minimum Gasteiger partial charge on any atom is -0.389 e. The van der Waals surface area contributed by atoms with Gasteiger partial charge >= 0.3 is 0 Å². The molecule has 0 atom stereocenters. The highest BCUT2D eigenvalue weighted by atomic mass is 32.1. The molecule has 8 heteroatoms. The summed E-state index contributed by atoms with van der Waals surface area (Å²) in [6.45, 7) is 0.315. The molecule has 0 aliphatic heterocycles. The van der Waals surface area contributed by atoms with Crippen LogP contribution in [0.3, 0.4) is 0 Å². The van der Waals surface area contributed by atoms with E-state index in [1.807, 2.05) is 0 Å². The highest BCUT2D eigenvalue weighted by Crippen LogP contribution is 2.12. The quantitative estimate of drug-likeness (QED) is 0.581. The molecule has 0 saturated carbocycles. The maximum absolute atomic E-state index is 10.4. The van der Waals surface area contributed by atoms with E-state index in [9.17, 15) is 14.9 Å². The summed E-state index contributed by atoms with van der Waals surface area (Å²) >= 11 is 1.41. The summed E-state index contributed by atoms with van der Waals surface area (Å²) in [4.78, 5) is 19.9. The fourth-order valence-electron chi connectivity index (χ4n) is 0.855. The zero-order valence-corrected chi connectivity index (χ0v) is 10.5. The topological polar surface area (TPSA) is 106 Å². The number of aryl methyl sites for hydroxylation is 1. The minimum absolute atomic E-state index is 0.0741. The highest BCUT2D eigenvalue weighted by molar-refractivity contribution is 7.04. The van der Waals surface area contributed by atoms with Gasteiger partial charge in [0.15, 0.2) is 0 Å². The van der Waals surface area contributed by atoms with Gasteiger partial charge in [0.05, 0.1) is 0 Å². The lowest BCUT2D eigenvalue weighted by Gasteiger charge is -2.17. The maximum atomic E-state index is 10.4. The zero-order valence-electron chi connectivity index (χ0n) is 9.70. The van der Waals surface area contributed by atoms with Gasteiger partial charge in [-0.15, -0.1) is 0 Å². The lowest BCUT2D eigenvalue weighted by molar-refractivity contribution is -0.577. The fraction of sp³-hybridized carbons (Fsp3) is 0.667. The monoisotopic (exact) mass is 264 g/mol. The van der Waals surface area contributed by atoms with Crippen LogP contribution in [0.5, 0.6) is 0 Å². The van der Waals surface area contributed by atoms with Gasteiger partial charge in [0.1, 0.15) is 13.2 Å². The lowest BCUT2D eigenvalue weighted by Crippen LogP contribution is -2.45. The summed E-state index contributed by atoms with van der Waals surface area (Å²) in [6.07, 6.45) is 0.132. The van der Waals surface area contributed by atoms with Crippen molar-refractivity contribution in [2.24, 2.45) is 7.05 Å². The Morgan fingerprint density at radius 2 is 2.06 bits per heavy atom. The van der Waals surface area contributed by atoms with E-state index in [4.69, 9.17) is 10.2 Å². The van der Waals surface area contributed by atoms with E-state index >= 15 is 0 Å². The molecule has 0 aliphatic rings. The van der Waals surface area contributed by atoms with Gasteiger partial charge in [0, 0.05) is 29.8 Å². The Hall–Kier alpha value is -1.25. The molecule has 0 radical (unpaired) electrons. The van der Waals surface area contributed by atoms with Gasteiger partial charge in [-0.25, -0.2) is 0 Å². The van der Waals surface area contributed by atoms with Gasteiger partial charge < -0.3 is 10.2 Å². The molecular formula is C9H16N2O5S. The van der Waals surface area contributed by atoms with Crippen LogP contribution in [-0.2, 0) is 7.05 Å². The Morgan fingerprint density at radius 3 is 2.12 bits per heavy atom. The minimum atomic E-state index is -1.54. The Morgan fingerprint density at radius 1 is 1.53 bits per heavy atom. The van der Waals surface area contributed by atoms with Gasteiger partial charge in [-0.2, -0.15) is 0 Å². The Bertz CT molecular complexity index is 388. The molecule has 1 heterocycles. The van der Waals surface area contributed by atoms with E-state index in [2.05, 4.69) is 0 Å². The third-order valence-corrected chi connectivity index (χ3v) is 3.13. The molecule has 1 aromatic heterocycles. The van der Waals surface area contributed by atoms with Crippen LogP contribution in [0.15, 0.2) is 16.2 Å². The second-order valence-electron chi connectivity index (χ2n) is 3.40. The molecule has 0 aromatic carbocycles. The van der Waals surface area contributed by atoms with Crippen molar-refractivity contribution in [3.8, 4) is 0 Å². The maximum Gasteiger partial charge on any atom is 0.267 e. The molecular weight excluding hydrogens is 248 g/mol. The van der Waals surface area contributed by atoms with Crippen LogP contribution < -0.4 is 5.56 Å². The van der Waals surface area contributed by atoms with Gasteiger partial charge in [-0.3, -0.25) is 18.9 Å². The Balaban J connectivity index is 0.000000318. The molecule has 0 amide bonds. The molecule has 1 rings (SSSR count). The van der Waals surface area contributed by atoms with E-state index < -0.39 is 23.7 Å². The average Bonchev–Trinajstić information content (AvgIpc) is 2.67. The molecule has 0 bridgehead atoms. The zero-order chi connectivity index (χ0) is 13.5. The third-order valence-electron chi connectivity index (χ3n) is 2.37. The van der Waals surface area contributed by atoms with Crippen LogP contribution in [0.4, 0.5) is 0 Å². The number of aliphatic hydroxyl groups excluding tert-OH is 2. The number of nitro groups is 1. The van der Waals surface area contributed by atoms with Crippen molar-refractivity contribution in [1.29, 1.82) is 0 Å². The second-order valence-corrected chi connectivity index (χ2v) is 4.43. The van der Waals surface area contributed by atoms with Crippen molar-refractivity contribution in [2.75, 3.05) is 13.2 Å². The van der Waals surface area contributed by atoms with Crippen molar-refractivity contribution < 1.29 is 15.1 Å². The van der Waals surface area contributed by atoms with Crippen LogP contribution in [0.1, 0.15) is 13.3 Å². The smallest absolute Gasteiger partial charge is 0.267 e. The van der Waals surface area contributed by atoms with E-state index in [0.717, 1.165) is 0 Å². The van der Waals surface area contributed by atoms with Crippen LogP contribution in [0.25, 0.3) is 0 Å². The predicted octanol–water partition coefficient (Wildman–Crippen LogP) is -0.157. The first-order chi connectivity index (χ1) is 7.93. The SMILES string of the molecule is CCC(CO)(CO)[N+](=O)[O-].Cn1sccc1=O. The molecule has 0 unspecified atom stereocenters. The van der Waals surface area contributed by atoms with Gasteiger partial charge in [-0.1, -0.05) is 18.5 Å². The van der Waals surface area contributed by atoms with Gasteiger partial charge in [0.25, 0.3) is 11.1 Å². The molecule has 7 nitrogen and oxygen atoms in total. The molecule has 98 valence electrons. The summed E-state index contributed by atoms with van der Waals surface area (Å²) in [5, 5.41) is 29.1. The standard InChI is InChI=1S/C5H11NO4.C4H5NOS/c1-2-5(3-7,4-8)6(9)10;1-5-4(6)2-3-7-5/h7-8H,2-4H2,1H3;2-3H,1H3. The summed E-state index contributed by atoms with van der Waals surface area (Å²) in [7, 11) is 1.74. The molecule has 0 fully saturated rings. The first-order valence-electron chi connectivity index (χ1n) is 4.90. The molecule has 0 spiro atoms. The van der Waals surface area contributed by atoms with Crippen LogP contribution >= 0.6 is 11.5 Å². The number of rotatable bonds is 4. The number of hydrogen-bond donors (Lipinski definition) is 2. The first-order valence-corrected chi connectivity index (χ1v) is 5.74. The number of nitrogens with zero attached hydrogens (tertiary/aromatic N) is 2. The number of hydrogen-bond acceptors (Lipinski definition) is 6. The summed E-state index contributed by atoms with van der Waals surface area (Å²) in [6, 6.07) is 1.55. The van der Waals surface area contributed by atoms with E-state index in [1.54, 1.807) is 29.4 Å². The molecule has 1 aromatic rings. The van der Waals surface area contributed by atoms with Crippen molar-refractivity contribution in [3.63, 3.8) is 0 Å². The summed E-state index contributed by atoms with van der Waals surface area (Å²) in [5.74, 6) is 0. The van der Waals surface area contributed by atoms with E-state index in [0.29, 0.717) is 0 Å². The van der Waals surface area contributed by atoms with Crippen molar-refractivity contribution in [3.05, 3.63) is 31.9 Å². The predicted molar refractivity (Wildman–Crippen MR) is 63.7 cm³/mol. The molecule has 0 saturated heterocycles. The normalized spacial score (nSPS) is 10.6. The molecule has 2 N–H and O–H groups in total. The largest absolute Gasteiger partial charge is 0.389 e. The second kappa shape index (κ2) is 7.15. The molecule has 0 aliphatic carbocycles.